The molecule has 0 bridgehead atoms. The molecule has 0 aliphatic carbocycles. The molecule has 0 atom stereocenters. The molecular weight excluding hydrogens is 561 g/mol. The fraction of sp³-hybridized carbons (Fsp3) is 0.333. The van der Waals surface area contributed by atoms with Crippen molar-refractivity contribution in [2.45, 2.75) is 77.6 Å². The molecule has 4 heteroatoms. The molecule has 0 fully saturated rings. The molecule has 7 aromatic rings. The van der Waals surface area contributed by atoms with Gasteiger partial charge in [0.15, 0.2) is 0 Å². The smallest absolute Gasteiger partial charge is 0.0542 e. The van der Waals surface area contributed by atoms with E-state index in [1.807, 2.05) is 45.3 Å². The van der Waals surface area contributed by atoms with E-state index in [9.17, 15) is 0 Å². The molecule has 0 radical (unpaired) electrons. The molecule has 0 unspecified atom stereocenters. The third kappa shape index (κ3) is 5.36. The van der Waals surface area contributed by atoms with Crippen LogP contribution >= 0.6 is 45.3 Å². The molecule has 204 valence electrons. The van der Waals surface area contributed by atoms with E-state index in [2.05, 4.69) is 73.0 Å². The first-order valence-electron chi connectivity index (χ1n) is 15.1. The minimum atomic E-state index is 1.21. The van der Waals surface area contributed by atoms with Crippen LogP contribution < -0.4 is 0 Å². The van der Waals surface area contributed by atoms with Crippen molar-refractivity contribution < 1.29 is 0 Å². The zero-order valence-corrected chi connectivity index (χ0v) is 26.5. The van der Waals surface area contributed by atoms with Crippen molar-refractivity contribution in [1.82, 2.24) is 0 Å². The third-order valence-corrected chi connectivity index (χ3v) is 12.9. The van der Waals surface area contributed by atoms with Crippen molar-refractivity contribution in [3.8, 4) is 10.4 Å². The van der Waals surface area contributed by atoms with Gasteiger partial charge in [-0.1, -0.05) is 89.0 Å². The zero-order chi connectivity index (χ0) is 26.9. The highest BCUT2D eigenvalue weighted by Gasteiger charge is 2.15. The summed E-state index contributed by atoms with van der Waals surface area (Å²) >= 11 is 7.71. The molecule has 3 aromatic carbocycles. The van der Waals surface area contributed by atoms with Crippen molar-refractivity contribution in [2.75, 3.05) is 0 Å². The van der Waals surface area contributed by atoms with Crippen LogP contribution in [0, 0.1) is 0 Å². The molecule has 0 nitrogen and oxygen atoms in total. The van der Waals surface area contributed by atoms with Crippen LogP contribution in [0.4, 0.5) is 0 Å². The van der Waals surface area contributed by atoms with Crippen LogP contribution in [0.3, 0.4) is 0 Å². The van der Waals surface area contributed by atoms with E-state index in [1.54, 1.807) is 0 Å². The van der Waals surface area contributed by atoms with Crippen LogP contribution in [0.2, 0.25) is 0 Å². The second-order valence-electron chi connectivity index (χ2n) is 11.3. The lowest BCUT2D eigenvalue weighted by Crippen LogP contribution is -1.87. The summed E-state index contributed by atoms with van der Waals surface area (Å²) in [6.45, 7) is 2.30. The van der Waals surface area contributed by atoms with Gasteiger partial charge in [-0.05, 0) is 76.5 Å². The second kappa shape index (κ2) is 11.9. The summed E-state index contributed by atoms with van der Waals surface area (Å²) in [7, 11) is 0. The van der Waals surface area contributed by atoms with Gasteiger partial charge in [0.2, 0.25) is 0 Å². The number of fused-ring (bicyclic) bond motifs is 7. The first-order chi connectivity index (χ1) is 19.8. The molecule has 0 aliphatic heterocycles. The maximum atomic E-state index is 2.45. The first-order valence-corrected chi connectivity index (χ1v) is 18.4. The number of rotatable bonds is 12. The second-order valence-corrected chi connectivity index (χ2v) is 15.4. The highest BCUT2D eigenvalue weighted by Crippen LogP contribution is 2.47. The van der Waals surface area contributed by atoms with E-state index < -0.39 is 0 Å². The number of thiophene rings is 4. The minimum Gasteiger partial charge on any atom is -0.144 e. The third-order valence-electron chi connectivity index (χ3n) is 8.35. The van der Waals surface area contributed by atoms with Gasteiger partial charge in [-0.15, -0.1) is 45.3 Å². The number of unbranched alkanes of at least 4 members (excludes halogenated alkanes) is 9. The average molecular weight is 597 g/mol. The maximum absolute atomic E-state index is 2.45. The van der Waals surface area contributed by atoms with Crippen LogP contribution in [-0.4, -0.2) is 0 Å². The van der Waals surface area contributed by atoms with Crippen molar-refractivity contribution in [2.24, 2.45) is 0 Å². The van der Waals surface area contributed by atoms with E-state index in [-0.39, 0.29) is 0 Å². The van der Waals surface area contributed by atoms with Crippen LogP contribution in [0.15, 0.2) is 66.0 Å². The summed E-state index contributed by atoms with van der Waals surface area (Å²) < 4.78 is 8.54. The zero-order valence-electron chi connectivity index (χ0n) is 23.3. The minimum absolute atomic E-state index is 1.21. The molecule has 0 saturated heterocycles. The largest absolute Gasteiger partial charge is 0.144 e. The molecule has 0 saturated carbocycles. The number of benzene rings is 3. The molecule has 0 spiro atoms. The Hall–Kier alpha value is -2.24. The lowest BCUT2D eigenvalue weighted by molar-refractivity contribution is 0.556. The number of hydrogen-bond acceptors (Lipinski definition) is 4. The highest BCUT2D eigenvalue weighted by atomic mass is 32.1. The lowest BCUT2D eigenvalue weighted by Gasteiger charge is -2.04. The monoisotopic (exact) mass is 596 g/mol. The standard InChI is InChI=1S/C36H36S4/c1-2-3-4-5-6-7-8-9-10-11-12-24-13-15-25(16-14-24)31-21-27-20-29-34(23-32(27)38-31)40-35-28-19-26-17-18-37-30(26)22-33(28)39-36(29)35/h13-23H,2-12H2,1H3. The van der Waals surface area contributed by atoms with E-state index in [1.165, 1.54) is 136 Å². The Morgan fingerprint density at radius 1 is 0.525 bits per heavy atom. The van der Waals surface area contributed by atoms with Crippen LogP contribution in [-0.2, 0) is 6.42 Å². The van der Waals surface area contributed by atoms with Crippen LogP contribution in [0.5, 0.6) is 0 Å². The Morgan fingerprint density at radius 3 is 1.85 bits per heavy atom. The SMILES string of the molecule is CCCCCCCCCCCCc1ccc(-c2cc3cc4c(cc3s2)sc2c3cc5ccsc5cc3sc42)cc1. The molecule has 4 aromatic heterocycles. The molecular formula is C36H36S4. The van der Waals surface area contributed by atoms with Gasteiger partial charge >= 0.3 is 0 Å². The summed E-state index contributed by atoms with van der Waals surface area (Å²) in [4.78, 5) is 1.38. The van der Waals surface area contributed by atoms with E-state index in [4.69, 9.17) is 0 Å². The van der Waals surface area contributed by atoms with Gasteiger partial charge in [-0.25, -0.2) is 0 Å². The maximum Gasteiger partial charge on any atom is 0.0542 e. The van der Waals surface area contributed by atoms with Gasteiger partial charge in [-0.2, -0.15) is 0 Å². The molecule has 40 heavy (non-hydrogen) atoms. The summed E-state index contributed by atoms with van der Waals surface area (Å²) in [5.74, 6) is 0. The molecule has 0 N–H and O–H groups in total. The lowest BCUT2D eigenvalue weighted by atomic mass is 10.0. The topological polar surface area (TPSA) is 0 Å². The molecule has 4 heterocycles. The van der Waals surface area contributed by atoms with E-state index in [0.717, 1.165) is 0 Å². The molecule has 0 amide bonds. The summed E-state index contributed by atoms with van der Waals surface area (Å²) in [6, 6.07) is 23.7. The van der Waals surface area contributed by atoms with Crippen LogP contribution in [0.1, 0.15) is 76.7 Å². The van der Waals surface area contributed by atoms with Gasteiger partial charge in [0, 0.05) is 34.4 Å². The van der Waals surface area contributed by atoms with Crippen molar-refractivity contribution >= 4 is 95.1 Å². The van der Waals surface area contributed by atoms with E-state index >= 15 is 0 Å². The van der Waals surface area contributed by atoms with Gasteiger partial charge in [0.25, 0.3) is 0 Å². The Balaban J connectivity index is 1.02. The van der Waals surface area contributed by atoms with Gasteiger partial charge in [0.05, 0.1) is 9.40 Å². The predicted molar refractivity (Wildman–Crippen MR) is 186 cm³/mol. The summed E-state index contributed by atoms with van der Waals surface area (Å²) in [5, 5.41) is 7.80. The van der Waals surface area contributed by atoms with Gasteiger partial charge in [0.1, 0.15) is 0 Å². The number of aryl methyl sites for hydroxylation is 1. The fourth-order valence-corrected chi connectivity index (χ4v) is 10.8. The molecule has 7 rings (SSSR count). The summed E-state index contributed by atoms with van der Waals surface area (Å²) in [6.07, 6.45) is 15.2. The van der Waals surface area contributed by atoms with Crippen molar-refractivity contribution in [3.63, 3.8) is 0 Å². The quantitative estimate of drug-likeness (QED) is 0.123. The fourth-order valence-electron chi connectivity index (χ4n) is 6.04. The van der Waals surface area contributed by atoms with Gasteiger partial charge < -0.3 is 0 Å². The number of hydrogen-bond donors (Lipinski definition) is 0. The Labute approximate surface area is 253 Å². The normalized spacial score (nSPS) is 12.2. The van der Waals surface area contributed by atoms with E-state index in [0.29, 0.717) is 0 Å². The van der Waals surface area contributed by atoms with Crippen LogP contribution in [0.25, 0.3) is 60.2 Å². The molecule has 0 aliphatic rings. The Bertz CT molecular complexity index is 1890. The average Bonchev–Trinajstić information content (AvgIpc) is 3.74. The van der Waals surface area contributed by atoms with Gasteiger partial charge in [-0.3, -0.25) is 0 Å². The Kier molecular flexibility index (Phi) is 7.95. The first kappa shape index (κ1) is 26.6. The summed E-state index contributed by atoms with van der Waals surface area (Å²) in [5.41, 5.74) is 2.83. The van der Waals surface area contributed by atoms with Crippen molar-refractivity contribution in [1.29, 1.82) is 0 Å². The highest BCUT2D eigenvalue weighted by molar-refractivity contribution is 7.37. The Morgan fingerprint density at radius 2 is 1.15 bits per heavy atom. The van der Waals surface area contributed by atoms with Crippen molar-refractivity contribution in [3.05, 3.63) is 71.6 Å². The predicted octanol–water partition coefficient (Wildman–Crippen LogP) is 13.8.